The third-order valence-corrected chi connectivity index (χ3v) is 2.30. The summed E-state index contributed by atoms with van der Waals surface area (Å²) in [6, 6.07) is 7.66. The maximum Gasteiger partial charge on any atom is 0.0940 e. The van der Waals surface area contributed by atoms with Gasteiger partial charge in [-0.05, 0) is 18.9 Å². The van der Waals surface area contributed by atoms with E-state index in [1.165, 1.54) is 5.56 Å². The van der Waals surface area contributed by atoms with Crippen molar-refractivity contribution < 1.29 is 5.11 Å². The van der Waals surface area contributed by atoms with E-state index in [-0.39, 0.29) is 6.04 Å². The molecule has 2 heteroatoms. The number of hydrogen-bond donors (Lipinski definition) is 2. The minimum Gasteiger partial charge on any atom is -0.387 e. The third kappa shape index (κ3) is 2.54. The Bertz CT molecular complexity index is 255. The summed E-state index contributed by atoms with van der Waals surface area (Å²) in [5.74, 6) is 0. The Hall–Kier alpha value is -0.860. The van der Waals surface area contributed by atoms with E-state index in [9.17, 15) is 5.11 Å². The maximum absolute atomic E-state index is 9.75. The molecule has 0 aliphatic rings. The molecular formula is C11H17NO. The second-order valence-electron chi connectivity index (χ2n) is 3.43. The molecule has 1 aromatic rings. The molecule has 1 rings (SSSR count). The van der Waals surface area contributed by atoms with Crippen LogP contribution in [0, 0.1) is 6.92 Å². The molecule has 3 N–H and O–H groups in total. The maximum atomic E-state index is 9.75. The van der Waals surface area contributed by atoms with E-state index in [2.05, 4.69) is 0 Å². The Morgan fingerprint density at radius 1 is 1.31 bits per heavy atom. The van der Waals surface area contributed by atoms with Crippen molar-refractivity contribution in [1.82, 2.24) is 0 Å². The minimum absolute atomic E-state index is 0.164. The lowest BCUT2D eigenvalue weighted by Crippen LogP contribution is -2.27. The van der Waals surface area contributed by atoms with Crippen molar-refractivity contribution in [2.45, 2.75) is 32.4 Å². The first-order valence-electron chi connectivity index (χ1n) is 4.65. The monoisotopic (exact) mass is 179 g/mol. The summed E-state index contributed by atoms with van der Waals surface area (Å²) in [6.07, 6.45) is 0.250. The zero-order valence-corrected chi connectivity index (χ0v) is 8.20. The van der Waals surface area contributed by atoms with Gasteiger partial charge in [-0.25, -0.2) is 0 Å². The average molecular weight is 179 g/mol. The molecule has 2 atom stereocenters. The largest absolute Gasteiger partial charge is 0.387 e. The van der Waals surface area contributed by atoms with Crippen molar-refractivity contribution in [2.75, 3.05) is 0 Å². The van der Waals surface area contributed by atoms with Crippen LogP contribution >= 0.6 is 0 Å². The van der Waals surface area contributed by atoms with Crippen molar-refractivity contribution in [3.63, 3.8) is 0 Å². The summed E-state index contributed by atoms with van der Waals surface area (Å²) in [4.78, 5) is 0. The zero-order valence-electron chi connectivity index (χ0n) is 8.20. The van der Waals surface area contributed by atoms with Crippen LogP contribution in [0.4, 0.5) is 0 Å². The lowest BCUT2D eigenvalue weighted by atomic mass is 10.0. The molecule has 1 aromatic carbocycles. The van der Waals surface area contributed by atoms with Gasteiger partial charge >= 0.3 is 0 Å². The van der Waals surface area contributed by atoms with Crippen molar-refractivity contribution in [3.05, 3.63) is 35.4 Å². The Balaban J connectivity index is 2.77. The second kappa shape index (κ2) is 4.40. The fourth-order valence-corrected chi connectivity index (χ4v) is 1.23. The van der Waals surface area contributed by atoms with Gasteiger partial charge in [-0.3, -0.25) is 0 Å². The van der Waals surface area contributed by atoms with Crippen LogP contribution in [0.1, 0.15) is 30.6 Å². The summed E-state index contributed by atoms with van der Waals surface area (Å²) in [5.41, 5.74) is 7.83. The van der Waals surface area contributed by atoms with Crippen LogP contribution in [-0.2, 0) is 0 Å². The van der Waals surface area contributed by atoms with E-state index in [1.54, 1.807) is 0 Å². The first kappa shape index (κ1) is 10.2. The molecule has 72 valence electrons. The molecule has 0 saturated heterocycles. The fourth-order valence-electron chi connectivity index (χ4n) is 1.23. The Morgan fingerprint density at radius 2 is 1.85 bits per heavy atom. The second-order valence-corrected chi connectivity index (χ2v) is 3.43. The van der Waals surface area contributed by atoms with Gasteiger partial charge in [0, 0.05) is 6.04 Å². The van der Waals surface area contributed by atoms with Crippen LogP contribution < -0.4 is 5.73 Å². The van der Waals surface area contributed by atoms with Crippen molar-refractivity contribution in [3.8, 4) is 0 Å². The molecule has 13 heavy (non-hydrogen) atoms. The molecule has 2 nitrogen and oxygen atoms in total. The van der Waals surface area contributed by atoms with Crippen molar-refractivity contribution in [2.24, 2.45) is 5.73 Å². The highest BCUT2D eigenvalue weighted by Gasteiger charge is 2.13. The van der Waals surface area contributed by atoms with E-state index in [1.807, 2.05) is 38.1 Å². The van der Waals surface area contributed by atoms with Gasteiger partial charge in [0.25, 0.3) is 0 Å². The third-order valence-electron chi connectivity index (χ3n) is 2.30. The zero-order chi connectivity index (χ0) is 9.84. The van der Waals surface area contributed by atoms with E-state index in [0.29, 0.717) is 0 Å². The number of benzene rings is 1. The molecule has 0 saturated carbocycles. The molecule has 0 aromatic heterocycles. The lowest BCUT2D eigenvalue weighted by molar-refractivity contribution is 0.144. The van der Waals surface area contributed by atoms with Crippen LogP contribution in [0.2, 0.25) is 0 Å². The summed E-state index contributed by atoms with van der Waals surface area (Å²) in [7, 11) is 0. The van der Waals surface area contributed by atoms with Gasteiger partial charge in [0.15, 0.2) is 0 Å². The van der Waals surface area contributed by atoms with Gasteiger partial charge in [0.2, 0.25) is 0 Å². The normalized spacial score (nSPS) is 15.4. The van der Waals surface area contributed by atoms with Gasteiger partial charge in [0.05, 0.1) is 6.10 Å². The molecule has 0 aliphatic carbocycles. The topological polar surface area (TPSA) is 46.2 Å². The van der Waals surface area contributed by atoms with Crippen molar-refractivity contribution >= 4 is 0 Å². The van der Waals surface area contributed by atoms with E-state index in [0.717, 1.165) is 12.0 Å². The number of nitrogens with two attached hydrogens (primary N) is 1. The molecule has 0 bridgehead atoms. The van der Waals surface area contributed by atoms with Gasteiger partial charge in [-0.1, -0.05) is 36.8 Å². The van der Waals surface area contributed by atoms with Crippen LogP contribution in [0.3, 0.4) is 0 Å². The molecule has 0 amide bonds. The first-order chi connectivity index (χ1) is 6.15. The Labute approximate surface area is 79.4 Å². The molecule has 0 heterocycles. The van der Waals surface area contributed by atoms with Crippen LogP contribution in [0.25, 0.3) is 0 Å². The van der Waals surface area contributed by atoms with Crippen LogP contribution in [0.5, 0.6) is 0 Å². The van der Waals surface area contributed by atoms with Crippen molar-refractivity contribution in [1.29, 1.82) is 0 Å². The number of aliphatic hydroxyl groups excluding tert-OH is 1. The number of aliphatic hydroxyl groups is 1. The SMILES string of the molecule is CCC(N)C(O)c1ccc(C)cc1. The molecule has 0 spiro atoms. The lowest BCUT2D eigenvalue weighted by Gasteiger charge is -2.17. The van der Waals surface area contributed by atoms with Gasteiger partial charge in [-0.2, -0.15) is 0 Å². The number of hydrogen-bond acceptors (Lipinski definition) is 2. The van der Waals surface area contributed by atoms with Crippen LogP contribution in [0.15, 0.2) is 24.3 Å². The average Bonchev–Trinajstić information content (AvgIpc) is 2.17. The van der Waals surface area contributed by atoms with Crippen LogP contribution in [-0.4, -0.2) is 11.1 Å². The van der Waals surface area contributed by atoms with Gasteiger partial charge in [0.1, 0.15) is 0 Å². The first-order valence-corrected chi connectivity index (χ1v) is 4.65. The predicted octanol–water partition coefficient (Wildman–Crippen LogP) is 1.77. The van der Waals surface area contributed by atoms with E-state index in [4.69, 9.17) is 5.73 Å². The molecule has 0 fully saturated rings. The summed E-state index contributed by atoms with van der Waals surface area (Å²) in [6.45, 7) is 4.00. The standard InChI is InChI=1S/C11H17NO/c1-3-10(12)11(13)9-6-4-8(2)5-7-9/h4-7,10-11,13H,3,12H2,1-2H3. The fraction of sp³-hybridized carbons (Fsp3) is 0.455. The number of rotatable bonds is 3. The van der Waals surface area contributed by atoms with E-state index < -0.39 is 6.10 Å². The quantitative estimate of drug-likeness (QED) is 0.742. The molecule has 0 aliphatic heterocycles. The highest BCUT2D eigenvalue weighted by molar-refractivity contribution is 5.23. The smallest absolute Gasteiger partial charge is 0.0940 e. The highest BCUT2D eigenvalue weighted by atomic mass is 16.3. The predicted molar refractivity (Wildman–Crippen MR) is 54.4 cm³/mol. The van der Waals surface area contributed by atoms with Gasteiger partial charge < -0.3 is 10.8 Å². The molecule has 2 unspecified atom stereocenters. The molecule has 0 radical (unpaired) electrons. The minimum atomic E-state index is -0.536. The molecular weight excluding hydrogens is 162 g/mol. The number of aryl methyl sites for hydroxylation is 1. The summed E-state index contributed by atoms with van der Waals surface area (Å²) in [5, 5.41) is 9.75. The van der Waals surface area contributed by atoms with E-state index >= 15 is 0 Å². The van der Waals surface area contributed by atoms with Gasteiger partial charge in [-0.15, -0.1) is 0 Å². The highest BCUT2D eigenvalue weighted by Crippen LogP contribution is 2.17. The summed E-state index contributed by atoms with van der Waals surface area (Å²) < 4.78 is 0. The Morgan fingerprint density at radius 3 is 2.31 bits per heavy atom. The Kier molecular flexibility index (Phi) is 3.46. The summed E-state index contributed by atoms with van der Waals surface area (Å²) >= 11 is 0.